The van der Waals surface area contributed by atoms with Crippen LogP contribution in [-0.4, -0.2) is 41.2 Å². The van der Waals surface area contributed by atoms with Crippen LogP contribution < -0.4 is 0 Å². The first-order valence-corrected chi connectivity index (χ1v) is 7.81. The molecule has 3 nitrogen and oxygen atoms in total. The summed E-state index contributed by atoms with van der Waals surface area (Å²) < 4.78 is 7.93. The van der Waals surface area contributed by atoms with Gasteiger partial charge in [-0.1, -0.05) is 13.8 Å². The molecule has 5 atom stereocenters. The SMILES string of the molecule is CC1(C)[C@@H]2C[C@@H](O)[C@@](C)(O[B][C@@H]3CCCN3Cl)[C@H]1C2. The summed E-state index contributed by atoms with van der Waals surface area (Å²) in [7, 11) is 1.87. The van der Waals surface area contributed by atoms with E-state index in [0.717, 1.165) is 25.8 Å². The third-order valence-electron chi connectivity index (χ3n) is 6.04. The minimum absolute atomic E-state index is 0.187. The maximum Gasteiger partial charge on any atom is 0.313 e. The van der Waals surface area contributed by atoms with E-state index in [4.69, 9.17) is 16.4 Å². The monoisotopic (exact) mass is 284 g/mol. The van der Waals surface area contributed by atoms with Crippen LogP contribution in [0.15, 0.2) is 0 Å². The molecule has 19 heavy (non-hydrogen) atoms. The van der Waals surface area contributed by atoms with Gasteiger partial charge >= 0.3 is 7.48 Å². The van der Waals surface area contributed by atoms with Crippen molar-refractivity contribution in [3.8, 4) is 0 Å². The Morgan fingerprint density at radius 1 is 1.32 bits per heavy atom. The lowest BCUT2D eigenvalue weighted by atomic mass is 9.43. The second kappa shape index (κ2) is 4.62. The van der Waals surface area contributed by atoms with Gasteiger partial charge in [0, 0.05) is 12.5 Å². The molecule has 0 aromatic carbocycles. The van der Waals surface area contributed by atoms with Gasteiger partial charge in [0.25, 0.3) is 0 Å². The number of hydrogen-bond donors (Lipinski definition) is 1. The van der Waals surface area contributed by atoms with E-state index in [9.17, 15) is 5.11 Å². The van der Waals surface area contributed by atoms with Gasteiger partial charge in [-0.25, -0.2) is 4.42 Å². The van der Waals surface area contributed by atoms with Crippen LogP contribution in [0, 0.1) is 17.3 Å². The van der Waals surface area contributed by atoms with Crippen molar-refractivity contribution in [1.82, 2.24) is 4.42 Å². The van der Waals surface area contributed by atoms with Crippen molar-refractivity contribution in [3.63, 3.8) is 0 Å². The van der Waals surface area contributed by atoms with Crippen molar-refractivity contribution in [3.05, 3.63) is 0 Å². The van der Waals surface area contributed by atoms with Gasteiger partial charge in [0.2, 0.25) is 0 Å². The Balaban J connectivity index is 1.67. The Hall–Kier alpha value is 0.235. The largest absolute Gasteiger partial charge is 0.431 e. The Labute approximate surface area is 122 Å². The first kappa shape index (κ1) is 14.2. The number of rotatable bonds is 3. The minimum atomic E-state index is -0.446. The molecule has 0 spiro atoms. The molecule has 0 amide bonds. The van der Waals surface area contributed by atoms with E-state index >= 15 is 0 Å². The van der Waals surface area contributed by atoms with Crippen LogP contribution in [-0.2, 0) is 4.65 Å². The molecule has 0 aromatic heterocycles. The molecule has 5 heteroatoms. The van der Waals surface area contributed by atoms with Gasteiger partial charge in [0.15, 0.2) is 0 Å². The maximum absolute atomic E-state index is 10.4. The molecule has 0 aromatic rings. The van der Waals surface area contributed by atoms with Crippen LogP contribution >= 0.6 is 11.8 Å². The number of aliphatic hydroxyl groups excluding tert-OH is 1. The van der Waals surface area contributed by atoms with E-state index in [1.54, 1.807) is 0 Å². The third-order valence-corrected chi connectivity index (χ3v) is 6.46. The van der Waals surface area contributed by atoms with Gasteiger partial charge in [-0.15, -0.1) is 0 Å². The summed E-state index contributed by atoms with van der Waals surface area (Å²) in [6, 6.07) is 0. The Morgan fingerprint density at radius 3 is 2.63 bits per heavy atom. The highest BCUT2D eigenvalue weighted by atomic mass is 35.5. The van der Waals surface area contributed by atoms with Crippen LogP contribution in [0.5, 0.6) is 0 Å². The van der Waals surface area contributed by atoms with Crippen LogP contribution in [0.4, 0.5) is 0 Å². The molecule has 1 saturated heterocycles. The molecule has 107 valence electrons. The predicted octanol–water partition coefficient (Wildman–Crippen LogP) is 2.38. The lowest BCUT2D eigenvalue weighted by Gasteiger charge is -2.66. The lowest BCUT2D eigenvalue weighted by Crippen LogP contribution is -2.68. The summed E-state index contributed by atoms with van der Waals surface area (Å²) in [5.74, 6) is 1.28. The quantitative estimate of drug-likeness (QED) is 0.638. The Morgan fingerprint density at radius 2 is 2.05 bits per heavy atom. The van der Waals surface area contributed by atoms with E-state index in [1.165, 1.54) is 6.42 Å². The number of aliphatic hydroxyl groups is 1. The molecular weight excluding hydrogens is 260 g/mol. The Kier molecular flexibility index (Phi) is 3.45. The highest BCUT2D eigenvalue weighted by Gasteiger charge is 2.63. The molecule has 3 saturated carbocycles. The summed E-state index contributed by atoms with van der Waals surface area (Å²) in [5, 5.41) is 10.4. The summed E-state index contributed by atoms with van der Waals surface area (Å²) in [4.78, 5) is 0. The van der Waals surface area contributed by atoms with Crippen molar-refractivity contribution in [2.45, 2.75) is 64.1 Å². The smallest absolute Gasteiger partial charge is 0.313 e. The normalized spacial score (nSPS) is 48.9. The number of halogens is 1. The van der Waals surface area contributed by atoms with Crippen LogP contribution in [0.1, 0.15) is 46.5 Å². The zero-order chi connectivity index (χ0) is 13.8. The third kappa shape index (κ3) is 2.07. The molecule has 0 unspecified atom stereocenters. The molecular formula is C14H24BClNO2. The fraction of sp³-hybridized carbons (Fsp3) is 1.00. The van der Waals surface area contributed by atoms with E-state index in [1.807, 2.05) is 11.9 Å². The first-order valence-electron chi connectivity index (χ1n) is 7.47. The molecule has 1 heterocycles. The van der Waals surface area contributed by atoms with E-state index in [0.29, 0.717) is 11.8 Å². The fourth-order valence-corrected chi connectivity index (χ4v) is 4.66. The van der Waals surface area contributed by atoms with Crippen molar-refractivity contribution in [1.29, 1.82) is 0 Å². The van der Waals surface area contributed by atoms with Crippen LogP contribution in [0.25, 0.3) is 0 Å². The van der Waals surface area contributed by atoms with Crippen molar-refractivity contribution < 1.29 is 9.76 Å². The average Bonchev–Trinajstić information content (AvgIpc) is 2.75. The van der Waals surface area contributed by atoms with Crippen LogP contribution in [0.2, 0.25) is 0 Å². The van der Waals surface area contributed by atoms with Crippen molar-refractivity contribution in [2.24, 2.45) is 17.3 Å². The number of fused-ring (bicyclic) bond motifs is 2. The van der Waals surface area contributed by atoms with Crippen molar-refractivity contribution >= 4 is 19.3 Å². The van der Waals surface area contributed by atoms with Crippen LogP contribution in [0.3, 0.4) is 0 Å². The molecule has 2 bridgehead atoms. The second-order valence-electron chi connectivity index (χ2n) is 7.33. The highest BCUT2D eigenvalue weighted by molar-refractivity contribution is 6.32. The second-order valence-corrected chi connectivity index (χ2v) is 7.76. The summed E-state index contributed by atoms with van der Waals surface area (Å²) in [6.07, 6.45) is 3.86. The molecule has 4 aliphatic rings. The molecule has 3 aliphatic carbocycles. The first-order chi connectivity index (χ1) is 8.85. The van der Waals surface area contributed by atoms with Gasteiger partial charge < -0.3 is 9.76 Å². The zero-order valence-corrected chi connectivity index (χ0v) is 12.9. The Bertz CT molecular complexity index is 367. The molecule has 1 aliphatic heterocycles. The fourth-order valence-electron chi connectivity index (χ4n) is 4.40. The number of nitrogens with zero attached hydrogens (tertiary/aromatic N) is 1. The summed E-state index contributed by atoms with van der Waals surface area (Å²) >= 11 is 6.14. The van der Waals surface area contributed by atoms with E-state index in [-0.39, 0.29) is 17.5 Å². The van der Waals surface area contributed by atoms with E-state index < -0.39 is 5.60 Å². The standard InChI is InChI=1S/C14H24BClNO2/c1-13(2)9-7-10(13)14(3,11(18)8-9)19-15-12-5-4-6-17(12)16/h9-12,18H,4-8H2,1-3H3/t9-,10-,11+,12-,14-/m0/s1. The minimum Gasteiger partial charge on any atom is -0.431 e. The topological polar surface area (TPSA) is 32.7 Å². The summed E-state index contributed by atoms with van der Waals surface area (Å²) in [6.45, 7) is 7.61. The van der Waals surface area contributed by atoms with Gasteiger partial charge in [-0.05, 0) is 61.6 Å². The molecule has 4 rings (SSSR count). The maximum atomic E-state index is 10.4. The van der Waals surface area contributed by atoms with Gasteiger partial charge in [-0.2, -0.15) is 0 Å². The predicted molar refractivity (Wildman–Crippen MR) is 76.8 cm³/mol. The van der Waals surface area contributed by atoms with Gasteiger partial charge in [0.1, 0.15) is 0 Å². The molecule has 4 fully saturated rings. The summed E-state index contributed by atoms with van der Waals surface area (Å²) in [5.41, 5.74) is -0.156. The number of hydrogen-bond acceptors (Lipinski definition) is 3. The molecule has 1 N–H and O–H groups in total. The zero-order valence-electron chi connectivity index (χ0n) is 12.1. The van der Waals surface area contributed by atoms with Gasteiger partial charge in [-0.3, -0.25) is 0 Å². The van der Waals surface area contributed by atoms with Gasteiger partial charge in [0.05, 0.1) is 11.7 Å². The average molecular weight is 285 g/mol. The highest BCUT2D eigenvalue weighted by Crippen LogP contribution is 2.63. The van der Waals surface area contributed by atoms with E-state index in [2.05, 4.69) is 20.8 Å². The van der Waals surface area contributed by atoms with Crippen molar-refractivity contribution in [2.75, 3.05) is 6.54 Å². The molecule has 1 radical (unpaired) electrons. The lowest BCUT2D eigenvalue weighted by molar-refractivity contribution is -0.234.